The first-order chi connectivity index (χ1) is 9.64. The zero-order chi connectivity index (χ0) is 16.1. The van der Waals surface area contributed by atoms with Crippen molar-refractivity contribution in [2.24, 2.45) is 11.3 Å². The van der Waals surface area contributed by atoms with Crippen LogP contribution in [0.5, 0.6) is 0 Å². The van der Waals surface area contributed by atoms with E-state index in [1.54, 1.807) is 4.31 Å². The van der Waals surface area contributed by atoms with Crippen molar-refractivity contribution in [2.75, 3.05) is 25.9 Å². The van der Waals surface area contributed by atoms with Crippen molar-refractivity contribution >= 4 is 10.0 Å². The van der Waals surface area contributed by atoms with Crippen molar-refractivity contribution in [3.8, 4) is 0 Å². The van der Waals surface area contributed by atoms with E-state index in [0.29, 0.717) is 25.0 Å². The van der Waals surface area contributed by atoms with Crippen LogP contribution in [0.3, 0.4) is 0 Å². The smallest absolute Gasteiger partial charge is 0.211 e. The van der Waals surface area contributed by atoms with Crippen LogP contribution in [0, 0.1) is 11.3 Å². The number of piperidine rings is 1. The molecule has 2 atom stereocenters. The van der Waals surface area contributed by atoms with Gasteiger partial charge in [-0.25, -0.2) is 12.7 Å². The van der Waals surface area contributed by atoms with Crippen molar-refractivity contribution in [3.63, 3.8) is 0 Å². The number of hydrogen-bond donors (Lipinski definition) is 1. The molecule has 1 aliphatic rings. The lowest BCUT2D eigenvalue weighted by molar-refractivity contribution is 0.208. The van der Waals surface area contributed by atoms with Crippen LogP contribution in [0.2, 0.25) is 0 Å². The van der Waals surface area contributed by atoms with Crippen molar-refractivity contribution in [3.05, 3.63) is 0 Å². The second kappa shape index (κ2) is 7.93. The summed E-state index contributed by atoms with van der Waals surface area (Å²) >= 11 is 0. The van der Waals surface area contributed by atoms with E-state index in [1.807, 2.05) is 0 Å². The van der Waals surface area contributed by atoms with Crippen molar-refractivity contribution in [1.82, 2.24) is 9.62 Å². The largest absolute Gasteiger partial charge is 0.313 e. The molecule has 126 valence electrons. The van der Waals surface area contributed by atoms with E-state index in [1.165, 1.54) is 6.26 Å². The number of nitrogens with one attached hydrogen (secondary N) is 1. The SMILES string of the molecule is CCCNC(CCC1CCCN(S(C)(=O)=O)C1)C(C)(C)C. The predicted octanol–water partition coefficient (Wildman–Crippen LogP) is 2.85. The summed E-state index contributed by atoms with van der Waals surface area (Å²) in [5, 5.41) is 3.66. The highest BCUT2D eigenvalue weighted by molar-refractivity contribution is 7.88. The summed E-state index contributed by atoms with van der Waals surface area (Å²) in [6, 6.07) is 0.506. The molecule has 2 unspecified atom stereocenters. The zero-order valence-corrected chi connectivity index (χ0v) is 15.3. The summed E-state index contributed by atoms with van der Waals surface area (Å²) in [6.07, 6.45) is 6.89. The Bertz CT molecular complexity index is 401. The third-order valence-electron chi connectivity index (χ3n) is 4.50. The average molecular weight is 319 g/mol. The Kier molecular flexibility index (Phi) is 7.14. The fourth-order valence-electron chi connectivity index (χ4n) is 3.13. The van der Waals surface area contributed by atoms with E-state index in [9.17, 15) is 8.42 Å². The van der Waals surface area contributed by atoms with Gasteiger partial charge in [0.05, 0.1) is 6.26 Å². The van der Waals surface area contributed by atoms with Crippen LogP contribution < -0.4 is 5.32 Å². The first-order valence-electron chi connectivity index (χ1n) is 8.33. The minimum absolute atomic E-state index is 0.250. The fraction of sp³-hybridized carbons (Fsp3) is 1.00. The van der Waals surface area contributed by atoms with Gasteiger partial charge in [-0.15, -0.1) is 0 Å². The summed E-state index contributed by atoms with van der Waals surface area (Å²) < 4.78 is 25.0. The Morgan fingerprint density at radius 1 is 1.33 bits per heavy atom. The molecule has 0 bridgehead atoms. The molecule has 1 N–H and O–H groups in total. The van der Waals surface area contributed by atoms with Gasteiger partial charge in [0, 0.05) is 19.1 Å². The van der Waals surface area contributed by atoms with Crippen LogP contribution in [0.1, 0.15) is 59.8 Å². The van der Waals surface area contributed by atoms with Gasteiger partial charge in [0.15, 0.2) is 0 Å². The molecule has 1 rings (SSSR count). The van der Waals surface area contributed by atoms with Crippen LogP contribution in [0.25, 0.3) is 0 Å². The highest BCUT2D eigenvalue weighted by Crippen LogP contribution is 2.28. The predicted molar refractivity (Wildman–Crippen MR) is 89.9 cm³/mol. The normalized spacial score (nSPS) is 23.2. The number of nitrogens with zero attached hydrogens (tertiary/aromatic N) is 1. The molecule has 1 aliphatic heterocycles. The van der Waals surface area contributed by atoms with Gasteiger partial charge < -0.3 is 5.32 Å². The van der Waals surface area contributed by atoms with Gasteiger partial charge in [-0.05, 0) is 50.0 Å². The quantitative estimate of drug-likeness (QED) is 0.785. The Morgan fingerprint density at radius 3 is 2.52 bits per heavy atom. The number of sulfonamides is 1. The zero-order valence-electron chi connectivity index (χ0n) is 14.5. The van der Waals surface area contributed by atoms with Crippen molar-refractivity contribution in [2.45, 2.75) is 65.8 Å². The van der Waals surface area contributed by atoms with Gasteiger partial charge >= 0.3 is 0 Å². The molecule has 0 aromatic rings. The summed E-state index contributed by atoms with van der Waals surface area (Å²) in [4.78, 5) is 0. The van der Waals surface area contributed by atoms with Crippen LogP contribution in [0.15, 0.2) is 0 Å². The number of rotatable bonds is 7. The molecule has 0 amide bonds. The molecule has 4 nitrogen and oxygen atoms in total. The minimum atomic E-state index is -3.02. The molecule has 0 radical (unpaired) electrons. The molecule has 1 heterocycles. The summed E-state index contributed by atoms with van der Waals surface area (Å²) in [7, 11) is -3.02. The minimum Gasteiger partial charge on any atom is -0.313 e. The molecule has 1 fully saturated rings. The van der Waals surface area contributed by atoms with E-state index in [-0.39, 0.29) is 5.41 Å². The van der Waals surface area contributed by atoms with E-state index < -0.39 is 10.0 Å². The van der Waals surface area contributed by atoms with Crippen LogP contribution >= 0.6 is 0 Å². The third kappa shape index (κ3) is 6.66. The monoisotopic (exact) mass is 318 g/mol. The molecular formula is C16H34N2O2S. The molecule has 1 saturated heterocycles. The van der Waals surface area contributed by atoms with Gasteiger partial charge in [-0.1, -0.05) is 27.7 Å². The lowest BCUT2D eigenvalue weighted by atomic mass is 9.81. The first-order valence-corrected chi connectivity index (χ1v) is 10.2. The first kappa shape index (κ1) is 18.9. The molecule has 0 aromatic heterocycles. The molecule has 0 saturated carbocycles. The van der Waals surface area contributed by atoms with E-state index in [2.05, 4.69) is 33.0 Å². The highest BCUT2D eigenvalue weighted by Gasteiger charge is 2.28. The Labute approximate surface area is 131 Å². The molecule has 0 aliphatic carbocycles. The second-order valence-electron chi connectivity index (χ2n) is 7.58. The van der Waals surface area contributed by atoms with Crippen molar-refractivity contribution < 1.29 is 8.42 Å². The van der Waals surface area contributed by atoms with Gasteiger partial charge in [-0.3, -0.25) is 0 Å². The van der Waals surface area contributed by atoms with E-state index in [4.69, 9.17) is 0 Å². The van der Waals surface area contributed by atoms with Crippen molar-refractivity contribution in [1.29, 1.82) is 0 Å². The molecule has 0 aromatic carbocycles. The van der Waals surface area contributed by atoms with Gasteiger partial charge in [0.2, 0.25) is 10.0 Å². The van der Waals surface area contributed by atoms with E-state index in [0.717, 1.165) is 38.6 Å². The van der Waals surface area contributed by atoms with Crippen LogP contribution in [-0.2, 0) is 10.0 Å². The topological polar surface area (TPSA) is 49.4 Å². The van der Waals surface area contributed by atoms with Gasteiger partial charge in [-0.2, -0.15) is 0 Å². The lowest BCUT2D eigenvalue weighted by Crippen LogP contribution is -2.42. The number of hydrogen-bond acceptors (Lipinski definition) is 3. The fourth-order valence-corrected chi connectivity index (χ4v) is 4.07. The summed E-state index contributed by atoms with van der Waals surface area (Å²) in [6.45, 7) is 11.5. The lowest BCUT2D eigenvalue weighted by Gasteiger charge is -2.35. The highest BCUT2D eigenvalue weighted by atomic mass is 32.2. The standard InChI is InChI=1S/C16H34N2O2S/c1-6-11-17-15(16(2,3)4)10-9-14-8-7-12-18(13-14)21(5,19)20/h14-15,17H,6-13H2,1-5H3. The average Bonchev–Trinajstić information content (AvgIpc) is 2.36. The maximum absolute atomic E-state index is 11.7. The second-order valence-corrected chi connectivity index (χ2v) is 9.56. The van der Waals surface area contributed by atoms with Crippen LogP contribution in [-0.4, -0.2) is 44.7 Å². The van der Waals surface area contributed by atoms with Gasteiger partial charge in [0.25, 0.3) is 0 Å². The molecule has 5 heteroatoms. The Hall–Kier alpha value is -0.130. The van der Waals surface area contributed by atoms with Crippen LogP contribution in [0.4, 0.5) is 0 Å². The maximum atomic E-state index is 11.7. The molecular weight excluding hydrogens is 284 g/mol. The summed E-state index contributed by atoms with van der Waals surface area (Å²) in [5.41, 5.74) is 0.250. The Balaban J connectivity index is 2.51. The molecule has 21 heavy (non-hydrogen) atoms. The molecule has 0 spiro atoms. The van der Waals surface area contributed by atoms with Gasteiger partial charge in [0.1, 0.15) is 0 Å². The van der Waals surface area contributed by atoms with E-state index >= 15 is 0 Å². The third-order valence-corrected chi connectivity index (χ3v) is 5.77. The summed E-state index contributed by atoms with van der Waals surface area (Å²) in [5.74, 6) is 0.516. The Morgan fingerprint density at radius 2 is 2.00 bits per heavy atom. The maximum Gasteiger partial charge on any atom is 0.211 e.